The van der Waals surface area contributed by atoms with Gasteiger partial charge < -0.3 is 19.9 Å². The van der Waals surface area contributed by atoms with Crippen LogP contribution in [0.2, 0.25) is 5.02 Å². The molecule has 4 heterocycles. The summed E-state index contributed by atoms with van der Waals surface area (Å²) < 4.78 is 12.9. The molecule has 3 atom stereocenters. The van der Waals surface area contributed by atoms with Crippen LogP contribution in [0.5, 0.6) is 11.5 Å². The fraction of sp³-hybridized carbons (Fsp3) is 0.348. The van der Waals surface area contributed by atoms with Crippen molar-refractivity contribution in [3.8, 4) is 11.5 Å². The lowest BCUT2D eigenvalue weighted by Crippen LogP contribution is -2.58. The highest BCUT2D eigenvalue weighted by atomic mass is 35.5. The van der Waals surface area contributed by atoms with Crippen molar-refractivity contribution in [2.45, 2.75) is 42.9 Å². The van der Waals surface area contributed by atoms with E-state index < -0.39 is 12.0 Å². The van der Waals surface area contributed by atoms with E-state index in [1.807, 2.05) is 36.5 Å². The Hall–Kier alpha value is -2.32. The second kappa shape index (κ2) is 6.13. The summed E-state index contributed by atoms with van der Waals surface area (Å²) in [5.41, 5.74) is 2.10. The van der Waals surface area contributed by atoms with E-state index in [0.29, 0.717) is 29.5 Å². The number of aliphatic hydroxyl groups is 1. The molecule has 1 saturated heterocycles. The molecule has 31 heavy (non-hydrogen) atoms. The topological polar surface area (TPSA) is 66.9 Å². The van der Waals surface area contributed by atoms with Crippen LogP contribution in [0.3, 0.4) is 0 Å². The van der Waals surface area contributed by atoms with Crippen LogP contribution in [-0.2, 0) is 5.54 Å². The van der Waals surface area contributed by atoms with Crippen LogP contribution in [0.1, 0.15) is 41.3 Å². The van der Waals surface area contributed by atoms with Crippen LogP contribution in [0.4, 0.5) is 5.13 Å². The van der Waals surface area contributed by atoms with Gasteiger partial charge >= 0.3 is 5.91 Å². The molecule has 2 unspecified atom stereocenters. The molecule has 8 heteroatoms. The van der Waals surface area contributed by atoms with Crippen molar-refractivity contribution in [1.82, 2.24) is 9.88 Å². The van der Waals surface area contributed by atoms with Gasteiger partial charge in [0.15, 0.2) is 16.6 Å². The molecule has 1 aliphatic carbocycles. The Morgan fingerprint density at radius 1 is 1.13 bits per heavy atom. The molecule has 1 saturated carbocycles. The van der Waals surface area contributed by atoms with Gasteiger partial charge in [-0.2, -0.15) is 0 Å². The van der Waals surface area contributed by atoms with Crippen LogP contribution in [-0.4, -0.2) is 33.6 Å². The third-order valence-electron chi connectivity index (χ3n) is 6.86. The molecule has 4 aliphatic rings. The number of aliphatic hydroxyl groups excluding tert-OH is 1. The van der Waals surface area contributed by atoms with Crippen molar-refractivity contribution in [1.29, 1.82) is 0 Å². The van der Waals surface area contributed by atoms with Crippen LogP contribution in [0.25, 0.3) is 0 Å². The Bertz CT molecular complexity index is 1200. The fourth-order valence-electron chi connectivity index (χ4n) is 5.09. The van der Waals surface area contributed by atoms with Gasteiger partial charge in [-0.3, -0.25) is 0 Å². The van der Waals surface area contributed by atoms with Crippen molar-refractivity contribution in [3.63, 3.8) is 0 Å². The average Bonchev–Trinajstić information content (AvgIpc) is 3.10. The summed E-state index contributed by atoms with van der Waals surface area (Å²) in [6, 6.07) is 13.7. The first-order valence-corrected chi connectivity index (χ1v) is 11.7. The number of hydrogen-bond acceptors (Lipinski definition) is 7. The van der Waals surface area contributed by atoms with Crippen molar-refractivity contribution in [3.05, 3.63) is 69.7 Å². The summed E-state index contributed by atoms with van der Waals surface area (Å²) in [6.45, 7) is 0.625. The van der Waals surface area contributed by atoms with Crippen molar-refractivity contribution >= 4 is 28.1 Å². The number of nitrogens with zero attached hydrogens (tertiary/aromatic N) is 2. The number of aromatic nitrogens is 1. The molecule has 5 bridgehead atoms. The molecule has 3 aromatic rings. The summed E-state index contributed by atoms with van der Waals surface area (Å²) in [7, 11) is 0. The molecule has 7 rings (SSSR count). The molecule has 158 valence electrons. The van der Waals surface area contributed by atoms with E-state index in [9.17, 15) is 5.11 Å². The highest BCUT2D eigenvalue weighted by Crippen LogP contribution is 2.55. The summed E-state index contributed by atoms with van der Waals surface area (Å²) in [5, 5.41) is 16.3. The van der Waals surface area contributed by atoms with E-state index in [1.165, 1.54) is 0 Å². The molecule has 0 amide bonds. The minimum atomic E-state index is -1.27. The zero-order valence-electron chi connectivity index (χ0n) is 16.5. The number of hydrogen-bond donors (Lipinski definition) is 2. The summed E-state index contributed by atoms with van der Waals surface area (Å²) in [5.74, 6) is 0.0882. The van der Waals surface area contributed by atoms with Crippen LogP contribution >= 0.6 is 22.9 Å². The van der Waals surface area contributed by atoms with Crippen LogP contribution in [0.15, 0.2) is 48.7 Å². The first kappa shape index (κ1) is 18.3. The maximum atomic E-state index is 11.1. The van der Waals surface area contributed by atoms with E-state index in [0.717, 1.165) is 34.0 Å². The maximum absolute atomic E-state index is 11.1. The number of halogens is 1. The largest absolute Gasteiger partial charge is 0.433 e. The smallest absolute Gasteiger partial charge is 0.344 e. The molecule has 3 aliphatic heterocycles. The zero-order chi connectivity index (χ0) is 20.8. The fourth-order valence-corrected chi connectivity index (χ4v) is 6.27. The molecule has 0 radical (unpaired) electrons. The quantitative estimate of drug-likeness (QED) is 0.565. The second-order valence-electron chi connectivity index (χ2n) is 8.72. The third kappa shape index (κ3) is 2.55. The van der Waals surface area contributed by atoms with Crippen molar-refractivity contribution < 1.29 is 14.6 Å². The minimum absolute atomic E-state index is 0.119. The molecule has 2 aromatic carbocycles. The van der Waals surface area contributed by atoms with E-state index in [2.05, 4.69) is 22.3 Å². The Labute approximate surface area is 188 Å². The lowest BCUT2D eigenvalue weighted by Gasteiger charge is -2.39. The summed E-state index contributed by atoms with van der Waals surface area (Å²) in [4.78, 5) is 7.89. The van der Waals surface area contributed by atoms with Crippen LogP contribution in [0, 0.1) is 0 Å². The highest BCUT2D eigenvalue weighted by molar-refractivity contribution is 7.15. The molecule has 2 fully saturated rings. The minimum Gasteiger partial charge on any atom is -0.433 e. The highest BCUT2D eigenvalue weighted by Gasteiger charge is 2.60. The SMILES string of the molecule is O[C@@H]1CCN2C(c3ccc(Cl)cc3)c3cnc(s3)NC3(CC3)c3ccc4c(c3)OC12O4. The van der Waals surface area contributed by atoms with Gasteiger partial charge in [-0.15, -0.1) is 11.3 Å². The number of anilines is 1. The number of rotatable bonds is 1. The monoisotopic (exact) mass is 453 g/mol. The van der Waals surface area contributed by atoms with Gasteiger partial charge in [-0.05, 0) is 54.7 Å². The van der Waals surface area contributed by atoms with Gasteiger partial charge in [0.25, 0.3) is 0 Å². The van der Waals surface area contributed by atoms with E-state index in [-0.39, 0.29) is 11.6 Å². The molecule has 2 N–H and O–H groups in total. The van der Waals surface area contributed by atoms with Gasteiger partial charge in [-0.1, -0.05) is 29.8 Å². The number of benzene rings is 2. The number of ether oxygens (including phenoxy) is 2. The lowest BCUT2D eigenvalue weighted by molar-refractivity contribution is -0.232. The van der Waals surface area contributed by atoms with E-state index in [4.69, 9.17) is 26.1 Å². The van der Waals surface area contributed by atoms with Gasteiger partial charge in [0.2, 0.25) is 0 Å². The molecule has 2 spiro atoms. The Morgan fingerprint density at radius 2 is 1.94 bits per heavy atom. The average molecular weight is 454 g/mol. The summed E-state index contributed by atoms with van der Waals surface area (Å²) in [6.07, 6.45) is 3.79. The van der Waals surface area contributed by atoms with Gasteiger partial charge in [0.1, 0.15) is 6.10 Å². The first-order valence-electron chi connectivity index (χ1n) is 10.5. The van der Waals surface area contributed by atoms with Gasteiger partial charge in [0, 0.05) is 22.6 Å². The number of nitrogens with one attached hydrogen (secondary N) is 1. The number of thiazole rings is 1. The van der Waals surface area contributed by atoms with E-state index >= 15 is 0 Å². The Morgan fingerprint density at radius 3 is 2.74 bits per heavy atom. The van der Waals surface area contributed by atoms with Gasteiger partial charge in [-0.25, -0.2) is 9.88 Å². The lowest BCUT2D eigenvalue weighted by atomic mass is 10.0. The van der Waals surface area contributed by atoms with E-state index in [1.54, 1.807) is 11.3 Å². The second-order valence-corrected chi connectivity index (χ2v) is 10.2. The Balaban J connectivity index is 1.45. The Kier molecular flexibility index (Phi) is 3.61. The standard InChI is InChI=1S/C23H20ClN3O3S/c24-15-4-1-13(2-5-15)20-18-12-25-21(31-18)26-22(8-9-22)14-3-6-16-17(11-14)30-23(29-16)19(28)7-10-27(20)23/h1-6,11-12,19-20,28H,7-10H2,(H,25,26)/t19-,20?,23?/m1/s1. The van der Waals surface area contributed by atoms with Crippen molar-refractivity contribution in [2.75, 3.05) is 11.9 Å². The molecular formula is C23H20ClN3O3S. The van der Waals surface area contributed by atoms with Gasteiger partial charge in [0.05, 0.1) is 11.6 Å². The molecule has 6 nitrogen and oxygen atoms in total. The van der Waals surface area contributed by atoms with Crippen LogP contribution < -0.4 is 14.8 Å². The summed E-state index contributed by atoms with van der Waals surface area (Å²) >= 11 is 7.82. The number of fused-ring (bicyclic) bond motifs is 4. The molecular weight excluding hydrogens is 434 g/mol. The third-order valence-corrected chi connectivity index (χ3v) is 8.08. The zero-order valence-corrected chi connectivity index (χ0v) is 18.1. The first-order chi connectivity index (χ1) is 15.1. The predicted molar refractivity (Wildman–Crippen MR) is 118 cm³/mol. The normalized spacial score (nSPS) is 29.5. The maximum Gasteiger partial charge on any atom is 0.344 e. The predicted octanol–water partition coefficient (Wildman–Crippen LogP) is 4.49. The molecule has 1 aromatic heterocycles. The van der Waals surface area contributed by atoms with Crippen molar-refractivity contribution in [2.24, 2.45) is 0 Å².